The van der Waals surface area contributed by atoms with E-state index in [1.165, 1.54) is 4.90 Å². The summed E-state index contributed by atoms with van der Waals surface area (Å²) in [6.45, 7) is 4.51. The first-order valence-corrected chi connectivity index (χ1v) is 7.62. The van der Waals surface area contributed by atoms with E-state index in [1.54, 1.807) is 0 Å². The van der Waals surface area contributed by atoms with E-state index in [0.717, 1.165) is 32.0 Å². The molecule has 0 aromatic rings. The van der Waals surface area contributed by atoms with E-state index in [-0.39, 0.29) is 18.1 Å². The van der Waals surface area contributed by atoms with Gasteiger partial charge in [0.2, 0.25) is 0 Å². The Kier molecular flexibility index (Phi) is 7.79. The molecule has 0 N–H and O–H groups in total. The molecule has 1 atom stereocenters. The summed E-state index contributed by atoms with van der Waals surface area (Å²) in [5.74, 6) is -0.161. The molecule has 0 aromatic carbocycles. The minimum atomic E-state index is -0.404. The van der Waals surface area contributed by atoms with Crippen LogP contribution >= 0.6 is 0 Å². The lowest BCUT2D eigenvalue weighted by Gasteiger charge is -2.31. The fourth-order valence-electron chi connectivity index (χ4n) is 2.27. The van der Waals surface area contributed by atoms with Gasteiger partial charge in [-0.25, -0.2) is 4.79 Å². The van der Waals surface area contributed by atoms with Gasteiger partial charge in [-0.15, -0.1) is 0 Å². The molecule has 120 valence electrons. The van der Waals surface area contributed by atoms with Crippen LogP contribution in [0.15, 0.2) is 0 Å². The van der Waals surface area contributed by atoms with Crippen molar-refractivity contribution in [2.75, 3.05) is 13.2 Å². The third-order valence-corrected chi connectivity index (χ3v) is 3.33. The molecule has 1 rings (SSSR count). The number of amides is 1. The maximum absolute atomic E-state index is 11.6. The molecule has 0 saturated carbocycles. The number of carbonyl (C=O) groups is 3. The number of carbonyl (C=O) groups excluding carboxylic acids is 3. The predicted octanol–water partition coefficient (Wildman–Crippen LogP) is 2.30. The number of unbranched alkanes of at least 4 members (excludes halogenated alkanes) is 3. The van der Waals surface area contributed by atoms with E-state index in [4.69, 9.17) is 9.47 Å². The summed E-state index contributed by atoms with van der Waals surface area (Å²) in [5, 5.41) is 0. The van der Waals surface area contributed by atoms with Crippen LogP contribution in [-0.2, 0) is 19.1 Å². The summed E-state index contributed by atoms with van der Waals surface area (Å²) in [6.07, 6.45) is 4.74. The van der Waals surface area contributed by atoms with Crippen molar-refractivity contribution in [1.82, 2.24) is 4.90 Å². The second-order valence-corrected chi connectivity index (χ2v) is 5.50. The largest absolute Gasteiger partial charge is 0.463 e. The fourth-order valence-corrected chi connectivity index (χ4v) is 2.27. The van der Waals surface area contributed by atoms with Gasteiger partial charge in [-0.05, 0) is 26.7 Å². The second kappa shape index (κ2) is 9.37. The molecular formula is C15H25NO5. The van der Waals surface area contributed by atoms with Gasteiger partial charge < -0.3 is 14.3 Å². The highest BCUT2D eigenvalue weighted by Crippen LogP contribution is 2.14. The molecule has 1 heterocycles. The van der Waals surface area contributed by atoms with Crippen LogP contribution in [0.25, 0.3) is 0 Å². The molecule has 0 aromatic heterocycles. The number of cyclic esters (lactones) is 1. The third kappa shape index (κ3) is 6.60. The zero-order chi connectivity index (χ0) is 15.7. The van der Waals surface area contributed by atoms with E-state index < -0.39 is 6.09 Å². The van der Waals surface area contributed by atoms with E-state index in [0.29, 0.717) is 26.0 Å². The van der Waals surface area contributed by atoms with Crippen molar-refractivity contribution in [2.45, 2.75) is 64.5 Å². The van der Waals surface area contributed by atoms with Gasteiger partial charge in [0.25, 0.3) is 0 Å². The Labute approximate surface area is 125 Å². The molecule has 1 amide bonds. The van der Waals surface area contributed by atoms with Gasteiger partial charge in [0.15, 0.2) is 0 Å². The second-order valence-electron chi connectivity index (χ2n) is 5.50. The molecule has 0 aliphatic carbocycles. The summed E-state index contributed by atoms with van der Waals surface area (Å²) in [7, 11) is 0. The quantitative estimate of drug-likeness (QED) is 0.371. The van der Waals surface area contributed by atoms with Crippen molar-refractivity contribution >= 4 is 18.3 Å². The first-order chi connectivity index (χ1) is 10.0. The van der Waals surface area contributed by atoms with Crippen LogP contribution in [0.4, 0.5) is 4.79 Å². The Hall–Kier alpha value is -1.59. The molecule has 1 saturated heterocycles. The summed E-state index contributed by atoms with van der Waals surface area (Å²) >= 11 is 0. The van der Waals surface area contributed by atoms with E-state index in [2.05, 4.69) is 0 Å². The molecule has 0 radical (unpaired) electrons. The smallest absolute Gasteiger partial charge is 0.410 e. The SMILES string of the molecule is CC(C)OC(=O)CCCCCCN1C(=O)OCCC1C=O. The molecule has 0 spiro atoms. The molecule has 0 bridgehead atoms. The number of esters is 1. The van der Waals surface area contributed by atoms with Gasteiger partial charge in [-0.3, -0.25) is 9.69 Å². The lowest BCUT2D eigenvalue weighted by Crippen LogP contribution is -2.46. The lowest BCUT2D eigenvalue weighted by molar-refractivity contribution is -0.147. The number of hydrogen-bond acceptors (Lipinski definition) is 5. The van der Waals surface area contributed by atoms with Crippen LogP contribution in [-0.4, -0.2) is 48.5 Å². The average Bonchev–Trinajstić information content (AvgIpc) is 2.43. The molecule has 1 fully saturated rings. The Morgan fingerprint density at radius 1 is 1.38 bits per heavy atom. The average molecular weight is 299 g/mol. The highest BCUT2D eigenvalue weighted by molar-refractivity contribution is 5.74. The minimum absolute atomic E-state index is 0.0668. The van der Waals surface area contributed by atoms with Crippen molar-refractivity contribution in [3.63, 3.8) is 0 Å². The molecule has 6 heteroatoms. The number of aldehydes is 1. The molecule has 1 unspecified atom stereocenters. The van der Waals surface area contributed by atoms with Crippen LogP contribution in [0.1, 0.15) is 52.4 Å². The van der Waals surface area contributed by atoms with E-state index in [9.17, 15) is 14.4 Å². The van der Waals surface area contributed by atoms with Crippen LogP contribution in [0.3, 0.4) is 0 Å². The standard InChI is InChI=1S/C15H25NO5/c1-12(2)21-14(18)7-5-3-4-6-9-16-13(11-17)8-10-20-15(16)19/h11-13H,3-10H2,1-2H3. The zero-order valence-electron chi connectivity index (χ0n) is 12.9. The summed E-state index contributed by atoms with van der Waals surface area (Å²) < 4.78 is 9.98. The van der Waals surface area contributed by atoms with Gasteiger partial charge in [0.1, 0.15) is 6.29 Å². The number of hydrogen-bond donors (Lipinski definition) is 0. The van der Waals surface area contributed by atoms with Crippen LogP contribution < -0.4 is 0 Å². The molecular weight excluding hydrogens is 274 g/mol. The van der Waals surface area contributed by atoms with Gasteiger partial charge in [0.05, 0.1) is 18.8 Å². The highest BCUT2D eigenvalue weighted by Gasteiger charge is 2.28. The Morgan fingerprint density at radius 2 is 2.10 bits per heavy atom. The van der Waals surface area contributed by atoms with Crippen molar-refractivity contribution < 1.29 is 23.9 Å². The molecule has 21 heavy (non-hydrogen) atoms. The first kappa shape index (κ1) is 17.5. The van der Waals surface area contributed by atoms with Crippen molar-refractivity contribution in [2.24, 2.45) is 0 Å². The summed E-state index contributed by atoms with van der Waals surface area (Å²) in [6, 6.07) is -0.354. The normalized spacial score (nSPS) is 18.5. The summed E-state index contributed by atoms with van der Waals surface area (Å²) in [5.41, 5.74) is 0. The van der Waals surface area contributed by atoms with Gasteiger partial charge in [-0.1, -0.05) is 12.8 Å². The number of rotatable bonds is 9. The maximum atomic E-state index is 11.6. The van der Waals surface area contributed by atoms with Gasteiger partial charge in [0, 0.05) is 19.4 Å². The maximum Gasteiger partial charge on any atom is 0.410 e. The van der Waals surface area contributed by atoms with Crippen LogP contribution in [0.2, 0.25) is 0 Å². The fraction of sp³-hybridized carbons (Fsp3) is 0.800. The van der Waals surface area contributed by atoms with Crippen LogP contribution in [0, 0.1) is 0 Å². The Bertz CT molecular complexity index is 356. The molecule has 1 aliphatic rings. The Morgan fingerprint density at radius 3 is 2.76 bits per heavy atom. The molecule has 1 aliphatic heterocycles. The minimum Gasteiger partial charge on any atom is -0.463 e. The third-order valence-electron chi connectivity index (χ3n) is 3.33. The lowest BCUT2D eigenvalue weighted by atomic mass is 10.1. The van der Waals surface area contributed by atoms with Gasteiger partial charge >= 0.3 is 12.1 Å². The monoisotopic (exact) mass is 299 g/mol. The van der Waals surface area contributed by atoms with E-state index >= 15 is 0 Å². The Balaban J connectivity index is 2.11. The summed E-state index contributed by atoms with van der Waals surface area (Å²) in [4.78, 5) is 35.3. The first-order valence-electron chi connectivity index (χ1n) is 7.62. The van der Waals surface area contributed by atoms with Crippen LogP contribution in [0.5, 0.6) is 0 Å². The highest BCUT2D eigenvalue weighted by atomic mass is 16.6. The van der Waals surface area contributed by atoms with Crippen molar-refractivity contribution in [1.29, 1.82) is 0 Å². The predicted molar refractivity (Wildman–Crippen MR) is 76.8 cm³/mol. The van der Waals surface area contributed by atoms with Gasteiger partial charge in [-0.2, -0.15) is 0 Å². The topological polar surface area (TPSA) is 72.9 Å². The number of ether oxygens (including phenoxy) is 2. The van der Waals surface area contributed by atoms with E-state index in [1.807, 2.05) is 13.8 Å². The van der Waals surface area contributed by atoms with Crippen molar-refractivity contribution in [3.8, 4) is 0 Å². The van der Waals surface area contributed by atoms with Crippen molar-refractivity contribution in [3.05, 3.63) is 0 Å². The zero-order valence-corrected chi connectivity index (χ0v) is 12.9. The number of nitrogens with zero attached hydrogens (tertiary/aromatic N) is 1. The molecule has 6 nitrogen and oxygen atoms in total.